The van der Waals surface area contributed by atoms with E-state index in [0.717, 1.165) is 22.4 Å². The van der Waals surface area contributed by atoms with Crippen LogP contribution >= 0.6 is 11.5 Å². The van der Waals surface area contributed by atoms with Gasteiger partial charge in [0, 0.05) is 29.3 Å². The Morgan fingerprint density at radius 2 is 2.33 bits per heavy atom. The van der Waals surface area contributed by atoms with Crippen LogP contribution in [0.5, 0.6) is 0 Å². The molecule has 90 valence electrons. The van der Waals surface area contributed by atoms with E-state index in [2.05, 4.69) is 24.6 Å². The van der Waals surface area contributed by atoms with E-state index >= 15 is 0 Å². The Morgan fingerprint density at radius 3 is 3.11 bits per heavy atom. The van der Waals surface area contributed by atoms with Crippen molar-refractivity contribution in [3.05, 3.63) is 36.0 Å². The number of H-pyrrole nitrogens is 1. The Labute approximate surface area is 106 Å². The van der Waals surface area contributed by atoms with Gasteiger partial charge in [-0.15, -0.1) is 0 Å². The van der Waals surface area contributed by atoms with Crippen LogP contribution in [0.15, 0.2) is 24.7 Å². The predicted molar refractivity (Wildman–Crippen MR) is 68.7 cm³/mol. The van der Waals surface area contributed by atoms with Gasteiger partial charge >= 0.3 is 0 Å². The normalized spacial score (nSPS) is 10.7. The molecule has 2 N–H and O–H groups in total. The topological polar surface area (TPSA) is 83.6 Å². The van der Waals surface area contributed by atoms with E-state index in [1.807, 2.05) is 6.07 Å². The lowest BCUT2D eigenvalue weighted by atomic mass is 10.2. The van der Waals surface area contributed by atoms with Crippen LogP contribution in [0.3, 0.4) is 0 Å². The van der Waals surface area contributed by atoms with Crippen LogP contribution in [0.25, 0.3) is 10.9 Å². The van der Waals surface area contributed by atoms with Crippen molar-refractivity contribution < 1.29 is 4.79 Å². The van der Waals surface area contributed by atoms with Crippen LogP contribution < -0.4 is 5.32 Å². The summed E-state index contributed by atoms with van der Waals surface area (Å²) in [6, 6.07) is 1.84. The molecule has 0 saturated heterocycles. The predicted octanol–water partition coefficient (Wildman–Crippen LogP) is 1.98. The highest BCUT2D eigenvalue weighted by Gasteiger charge is 2.13. The van der Waals surface area contributed by atoms with Crippen molar-refractivity contribution in [2.75, 3.05) is 5.32 Å². The summed E-state index contributed by atoms with van der Waals surface area (Å²) in [6.07, 6.45) is 5.00. The maximum absolute atomic E-state index is 12.1. The van der Waals surface area contributed by atoms with Crippen molar-refractivity contribution >= 4 is 33.5 Å². The summed E-state index contributed by atoms with van der Waals surface area (Å²) < 4.78 is 4.01. The van der Waals surface area contributed by atoms with Gasteiger partial charge in [-0.3, -0.25) is 15.1 Å². The minimum Gasteiger partial charge on any atom is -0.360 e. The lowest BCUT2D eigenvalue weighted by Gasteiger charge is -2.02. The molecule has 0 saturated carbocycles. The third-order valence-electron chi connectivity index (χ3n) is 2.47. The quantitative estimate of drug-likeness (QED) is 0.737. The fourth-order valence-electron chi connectivity index (χ4n) is 1.67. The highest BCUT2D eigenvalue weighted by Crippen LogP contribution is 2.18. The van der Waals surface area contributed by atoms with Crippen LogP contribution in [-0.2, 0) is 0 Å². The number of carbonyl (C=O) groups is 1. The van der Waals surface area contributed by atoms with Gasteiger partial charge < -0.3 is 4.98 Å². The SMILES string of the molecule is Cc1nsc(NC(=O)c2cncc3[nH]ccc23)n1. The molecule has 18 heavy (non-hydrogen) atoms. The van der Waals surface area contributed by atoms with Gasteiger partial charge in [-0.25, -0.2) is 4.98 Å². The number of aromatic nitrogens is 4. The molecule has 6 nitrogen and oxygen atoms in total. The number of aryl methyl sites for hydroxylation is 1. The van der Waals surface area contributed by atoms with Crippen molar-refractivity contribution in [3.63, 3.8) is 0 Å². The first-order valence-electron chi connectivity index (χ1n) is 5.27. The number of rotatable bonds is 2. The van der Waals surface area contributed by atoms with E-state index in [9.17, 15) is 4.79 Å². The molecular weight excluding hydrogens is 250 g/mol. The van der Waals surface area contributed by atoms with Crippen molar-refractivity contribution in [2.45, 2.75) is 6.92 Å². The molecule has 0 aromatic carbocycles. The molecule has 0 unspecified atom stereocenters. The van der Waals surface area contributed by atoms with E-state index in [1.165, 1.54) is 0 Å². The highest BCUT2D eigenvalue weighted by atomic mass is 32.1. The highest BCUT2D eigenvalue weighted by molar-refractivity contribution is 7.09. The molecule has 0 fully saturated rings. The van der Waals surface area contributed by atoms with Crippen molar-refractivity contribution in [1.29, 1.82) is 0 Å². The van der Waals surface area contributed by atoms with Crippen molar-refractivity contribution in [1.82, 2.24) is 19.3 Å². The molecule has 0 radical (unpaired) electrons. The molecule has 0 aliphatic heterocycles. The lowest BCUT2D eigenvalue weighted by molar-refractivity contribution is 0.102. The molecule has 0 aliphatic rings. The number of anilines is 1. The smallest absolute Gasteiger partial charge is 0.259 e. The molecular formula is C11H9N5OS. The average molecular weight is 259 g/mol. The van der Waals surface area contributed by atoms with Gasteiger partial charge in [-0.1, -0.05) is 0 Å². The molecule has 3 rings (SSSR count). The Balaban J connectivity index is 1.94. The van der Waals surface area contributed by atoms with Gasteiger partial charge in [0.05, 0.1) is 17.3 Å². The number of hydrogen-bond donors (Lipinski definition) is 2. The minimum absolute atomic E-state index is 0.233. The Morgan fingerprint density at radius 1 is 1.44 bits per heavy atom. The van der Waals surface area contributed by atoms with Crippen LogP contribution in [0.2, 0.25) is 0 Å². The Kier molecular flexibility index (Phi) is 2.52. The molecule has 0 spiro atoms. The number of nitrogens with one attached hydrogen (secondary N) is 2. The second kappa shape index (κ2) is 4.19. The molecule has 1 amide bonds. The summed E-state index contributed by atoms with van der Waals surface area (Å²) in [5.41, 5.74) is 1.35. The largest absolute Gasteiger partial charge is 0.360 e. The number of amides is 1. The maximum atomic E-state index is 12.1. The zero-order valence-electron chi connectivity index (χ0n) is 9.47. The van der Waals surface area contributed by atoms with Gasteiger partial charge in [0.2, 0.25) is 5.13 Å². The Hall–Kier alpha value is -2.28. The van der Waals surface area contributed by atoms with Crippen LogP contribution in [0.4, 0.5) is 5.13 Å². The summed E-state index contributed by atoms with van der Waals surface area (Å²) in [7, 11) is 0. The summed E-state index contributed by atoms with van der Waals surface area (Å²) in [6.45, 7) is 1.78. The third kappa shape index (κ3) is 1.84. The standard InChI is InChI=1S/C11H9N5OS/c1-6-14-11(18-16-6)15-10(17)8-4-12-5-9-7(8)2-3-13-9/h2-5,13H,1H3,(H,14,15,16,17). The molecule has 3 aromatic rings. The fourth-order valence-corrected chi connectivity index (χ4v) is 2.24. The number of hydrogen-bond acceptors (Lipinski definition) is 5. The van der Waals surface area contributed by atoms with Crippen molar-refractivity contribution in [2.24, 2.45) is 0 Å². The third-order valence-corrected chi connectivity index (χ3v) is 3.19. The summed E-state index contributed by atoms with van der Waals surface area (Å²) >= 11 is 1.16. The van der Waals surface area contributed by atoms with Crippen LogP contribution in [0, 0.1) is 6.92 Å². The first-order chi connectivity index (χ1) is 8.74. The van der Waals surface area contributed by atoms with E-state index in [0.29, 0.717) is 16.5 Å². The molecule has 0 atom stereocenters. The number of fused-ring (bicyclic) bond motifs is 1. The molecule has 0 aliphatic carbocycles. The molecule has 7 heteroatoms. The Bertz CT molecular complexity index is 717. The van der Waals surface area contributed by atoms with E-state index in [4.69, 9.17) is 0 Å². The first-order valence-corrected chi connectivity index (χ1v) is 6.04. The maximum Gasteiger partial charge on any atom is 0.259 e. The van der Waals surface area contributed by atoms with E-state index in [1.54, 1.807) is 25.5 Å². The zero-order valence-corrected chi connectivity index (χ0v) is 10.3. The summed E-state index contributed by atoms with van der Waals surface area (Å²) in [5, 5.41) is 4.04. The monoisotopic (exact) mass is 259 g/mol. The summed E-state index contributed by atoms with van der Waals surface area (Å²) in [4.78, 5) is 23.2. The molecule has 0 bridgehead atoms. The number of nitrogens with zero attached hydrogens (tertiary/aromatic N) is 3. The molecule has 3 heterocycles. The van der Waals surface area contributed by atoms with Gasteiger partial charge in [0.15, 0.2) is 0 Å². The minimum atomic E-state index is -0.233. The van der Waals surface area contributed by atoms with E-state index < -0.39 is 0 Å². The van der Waals surface area contributed by atoms with Crippen LogP contribution in [0.1, 0.15) is 16.2 Å². The van der Waals surface area contributed by atoms with Gasteiger partial charge in [-0.05, 0) is 13.0 Å². The molecule has 3 aromatic heterocycles. The zero-order chi connectivity index (χ0) is 12.5. The second-order valence-corrected chi connectivity index (χ2v) is 4.48. The number of aromatic amines is 1. The van der Waals surface area contributed by atoms with Gasteiger partial charge in [0.25, 0.3) is 5.91 Å². The average Bonchev–Trinajstić information content (AvgIpc) is 2.97. The van der Waals surface area contributed by atoms with E-state index in [-0.39, 0.29) is 5.91 Å². The fraction of sp³-hybridized carbons (Fsp3) is 0.0909. The number of carbonyl (C=O) groups excluding carboxylic acids is 1. The summed E-state index contributed by atoms with van der Waals surface area (Å²) in [5.74, 6) is 0.414. The number of pyridine rings is 1. The van der Waals surface area contributed by atoms with Gasteiger partial charge in [-0.2, -0.15) is 4.37 Å². The first kappa shape index (κ1) is 10.8. The van der Waals surface area contributed by atoms with Crippen molar-refractivity contribution in [3.8, 4) is 0 Å². The van der Waals surface area contributed by atoms with Crippen LogP contribution in [-0.4, -0.2) is 25.2 Å². The second-order valence-electron chi connectivity index (χ2n) is 3.73. The lowest BCUT2D eigenvalue weighted by Crippen LogP contribution is -2.12. The van der Waals surface area contributed by atoms with Gasteiger partial charge in [0.1, 0.15) is 5.82 Å².